The Morgan fingerprint density at radius 1 is 0.923 bits per heavy atom. The summed E-state index contributed by atoms with van der Waals surface area (Å²) < 4.78 is 40.1. The van der Waals surface area contributed by atoms with Gasteiger partial charge in [-0.25, -0.2) is 12.8 Å². The van der Waals surface area contributed by atoms with Crippen molar-refractivity contribution >= 4 is 39.1 Å². The first-order valence-electron chi connectivity index (χ1n) is 12.5. The van der Waals surface area contributed by atoms with Gasteiger partial charge in [-0.15, -0.1) is 0 Å². The molecule has 1 atom stereocenters. The molecule has 0 fully saturated rings. The highest BCUT2D eigenvalue weighted by atomic mass is 35.5. The number of nitrogens with one attached hydrogen (secondary N) is 1. The van der Waals surface area contributed by atoms with Crippen molar-refractivity contribution in [1.29, 1.82) is 0 Å². The number of carbonyl (C=O) groups excluding carboxylic acids is 2. The second-order valence-electron chi connectivity index (χ2n) is 9.74. The summed E-state index contributed by atoms with van der Waals surface area (Å²) in [6.45, 7) is 3.77. The number of rotatable bonds is 12. The van der Waals surface area contributed by atoms with Crippen LogP contribution in [-0.4, -0.2) is 50.5 Å². The highest BCUT2D eigenvalue weighted by molar-refractivity contribution is 7.92. The molecule has 3 rings (SSSR count). The van der Waals surface area contributed by atoms with Crippen LogP contribution in [0.25, 0.3) is 0 Å². The summed E-state index contributed by atoms with van der Waals surface area (Å²) in [4.78, 5) is 28.8. The Hall–Kier alpha value is -3.43. The minimum Gasteiger partial charge on any atom is -0.354 e. The number of amides is 2. The van der Waals surface area contributed by atoms with Crippen molar-refractivity contribution in [1.82, 2.24) is 10.2 Å². The molecule has 3 aromatic carbocycles. The molecule has 1 N–H and O–H groups in total. The van der Waals surface area contributed by atoms with E-state index in [2.05, 4.69) is 5.32 Å². The van der Waals surface area contributed by atoms with Gasteiger partial charge < -0.3 is 10.2 Å². The van der Waals surface area contributed by atoms with Crippen molar-refractivity contribution in [2.24, 2.45) is 5.92 Å². The third-order valence-corrected chi connectivity index (χ3v) is 7.41. The Bertz CT molecular complexity index is 1350. The molecule has 10 heteroatoms. The zero-order chi connectivity index (χ0) is 28.6. The molecular weight excluding hydrogens is 541 g/mol. The maximum Gasteiger partial charge on any atom is 0.244 e. The van der Waals surface area contributed by atoms with E-state index >= 15 is 0 Å². The van der Waals surface area contributed by atoms with E-state index in [-0.39, 0.29) is 30.5 Å². The molecule has 0 radical (unpaired) electrons. The van der Waals surface area contributed by atoms with Crippen LogP contribution in [0.3, 0.4) is 0 Å². The van der Waals surface area contributed by atoms with Gasteiger partial charge in [0.2, 0.25) is 21.8 Å². The maximum atomic E-state index is 13.9. The van der Waals surface area contributed by atoms with Crippen LogP contribution >= 0.6 is 11.6 Å². The fraction of sp³-hybridized carbons (Fsp3) is 0.310. The van der Waals surface area contributed by atoms with E-state index in [1.165, 1.54) is 53.4 Å². The van der Waals surface area contributed by atoms with E-state index in [4.69, 9.17) is 11.6 Å². The molecule has 0 saturated carbocycles. The smallest absolute Gasteiger partial charge is 0.244 e. The first kappa shape index (κ1) is 30.1. The van der Waals surface area contributed by atoms with Gasteiger partial charge in [-0.3, -0.25) is 13.9 Å². The van der Waals surface area contributed by atoms with Gasteiger partial charge in [-0.1, -0.05) is 67.9 Å². The fourth-order valence-electron chi connectivity index (χ4n) is 3.98. The average Bonchev–Trinajstić information content (AvgIpc) is 2.89. The number of hydrogen-bond donors (Lipinski definition) is 1. The van der Waals surface area contributed by atoms with Crippen molar-refractivity contribution in [2.45, 2.75) is 32.9 Å². The monoisotopic (exact) mass is 573 g/mol. The lowest BCUT2D eigenvalue weighted by atomic mass is 10.0. The van der Waals surface area contributed by atoms with E-state index < -0.39 is 34.3 Å². The molecule has 39 heavy (non-hydrogen) atoms. The Balaban J connectivity index is 2.03. The zero-order valence-corrected chi connectivity index (χ0v) is 23.8. The van der Waals surface area contributed by atoms with Crippen molar-refractivity contribution < 1.29 is 22.4 Å². The lowest BCUT2D eigenvalue weighted by Crippen LogP contribution is -2.53. The summed E-state index contributed by atoms with van der Waals surface area (Å²) in [7, 11) is -3.87. The Morgan fingerprint density at radius 2 is 1.54 bits per heavy atom. The van der Waals surface area contributed by atoms with Crippen molar-refractivity contribution in [2.75, 3.05) is 23.7 Å². The standard InChI is InChI=1S/C29H33ClFN3O4S/c1-21(2)18-32-29(36)27(17-22-7-5-4-6-8-22)33(19-23-9-13-25(31)14-10-23)28(35)20-34(39(3,37)38)26-15-11-24(30)12-16-26/h4-16,21,27H,17-20H2,1-3H3,(H,32,36)/t27-/m1/s1. The summed E-state index contributed by atoms with van der Waals surface area (Å²) in [5, 5.41) is 3.33. The van der Waals surface area contributed by atoms with Gasteiger partial charge in [0.1, 0.15) is 18.4 Å². The van der Waals surface area contributed by atoms with Crippen LogP contribution in [0.4, 0.5) is 10.1 Å². The lowest BCUT2D eigenvalue weighted by Gasteiger charge is -2.33. The third-order valence-electron chi connectivity index (χ3n) is 6.02. The quantitative estimate of drug-likeness (QED) is 0.341. The van der Waals surface area contributed by atoms with Crippen LogP contribution in [-0.2, 0) is 32.6 Å². The molecular formula is C29H33ClFN3O4S. The van der Waals surface area contributed by atoms with Crippen LogP contribution in [0.1, 0.15) is 25.0 Å². The molecule has 3 aromatic rings. The normalized spacial score (nSPS) is 12.2. The fourth-order valence-corrected chi connectivity index (χ4v) is 4.96. The van der Waals surface area contributed by atoms with Crippen LogP contribution in [0.5, 0.6) is 0 Å². The van der Waals surface area contributed by atoms with Crippen molar-refractivity contribution in [3.63, 3.8) is 0 Å². The van der Waals surface area contributed by atoms with E-state index in [0.29, 0.717) is 17.1 Å². The van der Waals surface area contributed by atoms with E-state index in [0.717, 1.165) is 16.1 Å². The van der Waals surface area contributed by atoms with Gasteiger partial charge in [-0.05, 0) is 53.4 Å². The molecule has 0 heterocycles. The maximum absolute atomic E-state index is 13.9. The van der Waals surface area contributed by atoms with Gasteiger partial charge in [-0.2, -0.15) is 0 Å². The number of anilines is 1. The first-order valence-corrected chi connectivity index (χ1v) is 14.8. The number of nitrogens with zero attached hydrogens (tertiary/aromatic N) is 2. The van der Waals surface area contributed by atoms with Gasteiger partial charge in [0.25, 0.3) is 0 Å². The second kappa shape index (κ2) is 13.6. The van der Waals surface area contributed by atoms with Gasteiger partial charge in [0, 0.05) is 24.5 Å². The lowest BCUT2D eigenvalue weighted by molar-refractivity contribution is -0.140. The zero-order valence-electron chi connectivity index (χ0n) is 22.2. The summed E-state index contributed by atoms with van der Waals surface area (Å²) in [5.74, 6) is -1.20. The molecule has 208 valence electrons. The molecule has 0 spiro atoms. The van der Waals surface area contributed by atoms with E-state index in [1.807, 2.05) is 44.2 Å². The molecule has 0 aromatic heterocycles. The average molecular weight is 574 g/mol. The predicted molar refractivity (Wildman–Crippen MR) is 152 cm³/mol. The van der Waals surface area contributed by atoms with Gasteiger partial charge >= 0.3 is 0 Å². The number of benzene rings is 3. The SMILES string of the molecule is CC(C)CNC(=O)[C@@H](Cc1ccccc1)N(Cc1ccc(F)cc1)C(=O)CN(c1ccc(Cl)cc1)S(C)(=O)=O. The summed E-state index contributed by atoms with van der Waals surface area (Å²) in [6.07, 6.45) is 1.22. The third kappa shape index (κ3) is 9.07. The van der Waals surface area contributed by atoms with Crippen LogP contribution in [0.2, 0.25) is 5.02 Å². The predicted octanol–water partition coefficient (Wildman–Crippen LogP) is 4.66. The number of carbonyl (C=O) groups is 2. The number of halogens is 2. The van der Waals surface area contributed by atoms with Crippen LogP contribution in [0, 0.1) is 11.7 Å². The van der Waals surface area contributed by atoms with Crippen LogP contribution < -0.4 is 9.62 Å². The summed E-state index contributed by atoms with van der Waals surface area (Å²) in [5.41, 5.74) is 1.69. The topological polar surface area (TPSA) is 86.8 Å². The molecule has 0 aliphatic carbocycles. The molecule has 0 aliphatic rings. The first-order chi connectivity index (χ1) is 18.4. The highest BCUT2D eigenvalue weighted by Crippen LogP contribution is 2.22. The Morgan fingerprint density at radius 3 is 2.10 bits per heavy atom. The second-order valence-corrected chi connectivity index (χ2v) is 12.1. The minimum absolute atomic E-state index is 0.0239. The minimum atomic E-state index is -3.87. The molecule has 2 amide bonds. The largest absolute Gasteiger partial charge is 0.354 e. The van der Waals surface area contributed by atoms with Gasteiger partial charge in [0.15, 0.2) is 0 Å². The molecule has 0 unspecified atom stereocenters. The van der Waals surface area contributed by atoms with Crippen LogP contribution in [0.15, 0.2) is 78.9 Å². The number of hydrogen-bond acceptors (Lipinski definition) is 4. The van der Waals surface area contributed by atoms with E-state index in [1.54, 1.807) is 0 Å². The summed E-state index contributed by atoms with van der Waals surface area (Å²) >= 11 is 5.98. The highest BCUT2D eigenvalue weighted by Gasteiger charge is 2.33. The molecule has 0 bridgehead atoms. The molecule has 0 aliphatic heterocycles. The van der Waals surface area contributed by atoms with E-state index in [9.17, 15) is 22.4 Å². The Kier molecular flexibility index (Phi) is 10.5. The van der Waals surface area contributed by atoms with Gasteiger partial charge in [0.05, 0.1) is 11.9 Å². The van der Waals surface area contributed by atoms with Crippen molar-refractivity contribution in [3.05, 3.63) is 101 Å². The Labute approximate surface area is 234 Å². The van der Waals surface area contributed by atoms with Crippen molar-refractivity contribution in [3.8, 4) is 0 Å². The molecule has 7 nitrogen and oxygen atoms in total. The number of sulfonamides is 1. The summed E-state index contributed by atoms with van der Waals surface area (Å²) in [6, 6.07) is 20.0. The molecule has 0 saturated heterocycles.